The quantitative estimate of drug-likeness (QED) is 0.818. The number of halogens is 1. The Morgan fingerprint density at radius 3 is 1.91 bits per heavy atom. The number of nitrogens with one attached hydrogen (secondary N) is 1. The maximum absolute atomic E-state index is 11.4. The fraction of sp³-hybridized carbons (Fsp3) is 0.222. The number of hydrogen-bond acceptors (Lipinski definition) is 3. The van der Waals surface area contributed by atoms with E-state index >= 15 is 0 Å². The number of carbonyl (C=O) groups is 1. The van der Waals surface area contributed by atoms with Gasteiger partial charge in [-0.2, -0.15) is 5.26 Å². The van der Waals surface area contributed by atoms with E-state index in [-0.39, 0.29) is 12.4 Å². The van der Waals surface area contributed by atoms with Gasteiger partial charge in [-0.15, -0.1) is 12.4 Å². The van der Waals surface area contributed by atoms with Gasteiger partial charge in [0.15, 0.2) is 0 Å². The third-order valence-corrected chi connectivity index (χ3v) is 3.42. The molecule has 120 valence electrons. The Kier molecular flexibility index (Phi) is 7.82. The number of nitriles is 1. The van der Waals surface area contributed by atoms with Crippen LogP contribution in [0.4, 0.5) is 0 Å². The molecule has 0 bridgehead atoms. The molecule has 4 nitrogen and oxygen atoms in total. The van der Waals surface area contributed by atoms with E-state index in [0.717, 1.165) is 11.1 Å². The third kappa shape index (κ3) is 6.11. The van der Waals surface area contributed by atoms with Gasteiger partial charge in [0.25, 0.3) is 0 Å². The number of nitrogens with zero attached hydrogens (tertiary/aromatic N) is 1. The molecule has 0 spiro atoms. The summed E-state index contributed by atoms with van der Waals surface area (Å²) in [7, 11) is 0. The van der Waals surface area contributed by atoms with Crippen molar-refractivity contribution in [3.8, 4) is 6.07 Å². The van der Waals surface area contributed by atoms with Gasteiger partial charge in [0, 0.05) is 6.42 Å². The van der Waals surface area contributed by atoms with E-state index in [1.54, 1.807) is 0 Å². The summed E-state index contributed by atoms with van der Waals surface area (Å²) in [5, 5.41) is 21.6. The molecular formula is C18H19ClN2O2. The zero-order chi connectivity index (χ0) is 15.8. The number of benzene rings is 2. The van der Waals surface area contributed by atoms with Crippen molar-refractivity contribution in [3.05, 3.63) is 71.8 Å². The molecule has 2 atom stereocenters. The summed E-state index contributed by atoms with van der Waals surface area (Å²) in [6, 6.07) is 19.8. The van der Waals surface area contributed by atoms with Crippen LogP contribution >= 0.6 is 12.4 Å². The fourth-order valence-electron chi connectivity index (χ4n) is 2.30. The first-order valence-electron chi connectivity index (χ1n) is 7.15. The first-order valence-corrected chi connectivity index (χ1v) is 7.15. The van der Waals surface area contributed by atoms with Gasteiger partial charge in [0.1, 0.15) is 6.04 Å². The highest BCUT2D eigenvalue weighted by atomic mass is 35.5. The SMILES string of the molecule is Cl.N#CC(Cc1ccccc1)N[C@@H](Cc1ccccc1)C(=O)O. The fourth-order valence-corrected chi connectivity index (χ4v) is 2.30. The molecule has 0 aliphatic heterocycles. The number of carboxylic acids is 1. The monoisotopic (exact) mass is 330 g/mol. The molecule has 0 saturated heterocycles. The summed E-state index contributed by atoms with van der Waals surface area (Å²) in [4.78, 5) is 11.4. The van der Waals surface area contributed by atoms with Gasteiger partial charge in [-0.1, -0.05) is 60.7 Å². The number of aliphatic carboxylic acids is 1. The average molecular weight is 331 g/mol. The van der Waals surface area contributed by atoms with Gasteiger partial charge < -0.3 is 5.11 Å². The van der Waals surface area contributed by atoms with Crippen LogP contribution in [0, 0.1) is 11.3 Å². The lowest BCUT2D eigenvalue weighted by Crippen LogP contribution is -2.45. The Bertz CT molecular complexity index is 641. The third-order valence-electron chi connectivity index (χ3n) is 3.42. The smallest absolute Gasteiger partial charge is 0.321 e. The Hall–Kier alpha value is -2.35. The van der Waals surface area contributed by atoms with Gasteiger partial charge >= 0.3 is 5.97 Å². The minimum atomic E-state index is -0.947. The lowest BCUT2D eigenvalue weighted by Gasteiger charge is -2.18. The molecule has 2 rings (SSSR count). The first-order chi connectivity index (χ1) is 10.7. The molecule has 23 heavy (non-hydrogen) atoms. The molecule has 1 unspecified atom stereocenters. The summed E-state index contributed by atoms with van der Waals surface area (Å²) in [5.41, 5.74) is 1.93. The van der Waals surface area contributed by atoms with E-state index in [9.17, 15) is 15.2 Å². The molecular weight excluding hydrogens is 312 g/mol. The van der Waals surface area contributed by atoms with Crippen LogP contribution in [0.15, 0.2) is 60.7 Å². The van der Waals surface area contributed by atoms with E-state index in [4.69, 9.17) is 0 Å². The van der Waals surface area contributed by atoms with Gasteiger partial charge in [0.2, 0.25) is 0 Å². The predicted molar refractivity (Wildman–Crippen MR) is 91.5 cm³/mol. The maximum Gasteiger partial charge on any atom is 0.321 e. The Morgan fingerprint density at radius 2 is 1.48 bits per heavy atom. The summed E-state index contributed by atoms with van der Waals surface area (Å²) in [6.07, 6.45) is 0.832. The Morgan fingerprint density at radius 1 is 1.00 bits per heavy atom. The van der Waals surface area contributed by atoms with E-state index in [1.807, 2.05) is 60.7 Å². The summed E-state index contributed by atoms with van der Waals surface area (Å²) < 4.78 is 0. The minimum absolute atomic E-state index is 0. The molecule has 0 aliphatic rings. The predicted octanol–water partition coefficient (Wildman–Crippen LogP) is 2.83. The highest BCUT2D eigenvalue weighted by Crippen LogP contribution is 2.07. The Labute approximate surface area is 142 Å². The molecule has 2 N–H and O–H groups in total. The molecule has 0 aromatic heterocycles. The molecule has 5 heteroatoms. The highest BCUT2D eigenvalue weighted by molar-refractivity contribution is 5.85. The molecule has 0 aliphatic carbocycles. The van der Waals surface area contributed by atoms with Crippen molar-refractivity contribution in [2.75, 3.05) is 0 Å². The van der Waals surface area contributed by atoms with Crippen LogP contribution in [0.25, 0.3) is 0 Å². The van der Waals surface area contributed by atoms with Crippen LogP contribution in [-0.2, 0) is 17.6 Å². The molecule has 2 aromatic rings. The van der Waals surface area contributed by atoms with E-state index < -0.39 is 18.1 Å². The van der Waals surface area contributed by atoms with Crippen LogP contribution in [0.2, 0.25) is 0 Å². The highest BCUT2D eigenvalue weighted by Gasteiger charge is 2.22. The van der Waals surface area contributed by atoms with Gasteiger partial charge in [-0.05, 0) is 17.5 Å². The van der Waals surface area contributed by atoms with Gasteiger partial charge in [0.05, 0.1) is 12.1 Å². The molecule has 2 aromatic carbocycles. The van der Waals surface area contributed by atoms with Crippen molar-refractivity contribution in [1.82, 2.24) is 5.32 Å². The van der Waals surface area contributed by atoms with Crippen molar-refractivity contribution in [3.63, 3.8) is 0 Å². The zero-order valence-corrected chi connectivity index (χ0v) is 13.4. The molecule has 0 amide bonds. The largest absolute Gasteiger partial charge is 0.480 e. The van der Waals surface area contributed by atoms with Crippen molar-refractivity contribution in [2.45, 2.75) is 24.9 Å². The van der Waals surface area contributed by atoms with Crippen molar-refractivity contribution >= 4 is 18.4 Å². The second-order valence-corrected chi connectivity index (χ2v) is 5.12. The Balaban J connectivity index is 0.00000264. The van der Waals surface area contributed by atoms with Crippen LogP contribution in [0.5, 0.6) is 0 Å². The van der Waals surface area contributed by atoms with Crippen LogP contribution in [0.3, 0.4) is 0 Å². The van der Waals surface area contributed by atoms with Crippen LogP contribution in [0.1, 0.15) is 11.1 Å². The van der Waals surface area contributed by atoms with Gasteiger partial charge in [-0.3, -0.25) is 10.1 Å². The average Bonchev–Trinajstić information content (AvgIpc) is 2.55. The number of hydrogen-bond donors (Lipinski definition) is 2. The van der Waals surface area contributed by atoms with Crippen molar-refractivity contribution < 1.29 is 9.90 Å². The lowest BCUT2D eigenvalue weighted by molar-refractivity contribution is -0.139. The molecule has 0 fully saturated rings. The summed E-state index contributed by atoms with van der Waals surface area (Å²) in [5.74, 6) is -0.947. The van der Waals surface area contributed by atoms with Gasteiger partial charge in [-0.25, -0.2) is 0 Å². The molecule has 0 saturated carbocycles. The maximum atomic E-state index is 11.4. The number of rotatable bonds is 7. The number of carboxylic acid groups (broad SMARTS) is 1. The second kappa shape index (κ2) is 9.62. The topological polar surface area (TPSA) is 73.1 Å². The van der Waals surface area contributed by atoms with Crippen molar-refractivity contribution in [1.29, 1.82) is 5.26 Å². The normalized spacial score (nSPS) is 12.5. The lowest BCUT2D eigenvalue weighted by atomic mass is 10.0. The molecule has 0 radical (unpaired) electrons. The zero-order valence-electron chi connectivity index (χ0n) is 12.6. The van der Waals surface area contributed by atoms with Crippen LogP contribution in [-0.4, -0.2) is 23.2 Å². The van der Waals surface area contributed by atoms with Crippen LogP contribution < -0.4 is 5.32 Å². The van der Waals surface area contributed by atoms with E-state index in [0.29, 0.717) is 12.8 Å². The molecule has 0 heterocycles. The summed E-state index contributed by atoms with van der Waals surface area (Å²) >= 11 is 0. The van der Waals surface area contributed by atoms with Crippen molar-refractivity contribution in [2.24, 2.45) is 0 Å². The van der Waals surface area contributed by atoms with E-state index in [2.05, 4.69) is 11.4 Å². The summed E-state index contributed by atoms with van der Waals surface area (Å²) in [6.45, 7) is 0. The van der Waals surface area contributed by atoms with E-state index in [1.165, 1.54) is 0 Å². The first kappa shape index (κ1) is 18.7. The second-order valence-electron chi connectivity index (χ2n) is 5.12. The standard InChI is InChI=1S/C18H18N2O2.ClH/c19-13-16(11-14-7-3-1-4-8-14)20-17(18(21)22)12-15-9-5-2-6-10-15;/h1-10,16-17,20H,11-12H2,(H,21,22);1H/t16?,17-;/m0./s1. The minimum Gasteiger partial charge on any atom is -0.480 e.